The molecule has 0 unspecified atom stereocenters. The Kier molecular flexibility index (Phi) is 3.05. The number of nitrogens with one attached hydrogen (secondary N) is 1. The molecule has 2 rings (SSSR count). The van der Waals surface area contributed by atoms with E-state index in [1.54, 1.807) is 0 Å². The maximum Gasteiger partial charge on any atom is 0.224 e. The number of anilines is 1. The Morgan fingerprint density at radius 2 is 2.00 bits per heavy atom. The third-order valence-corrected chi connectivity index (χ3v) is 3.11. The van der Waals surface area contributed by atoms with Crippen molar-refractivity contribution in [2.75, 3.05) is 5.32 Å². The second kappa shape index (κ2) is 4.29. The second-order valence-corrected chi connectivity index (χ2v) is 4.80. The first-order chi connectivity index (χ1) is 6.75. The molecule has 2 nitrogen and oxygen atoms in total. The van der Waals surface area contributed by atoms with Gasteiger partial charge in [0.25, 0.3) is 0 Å². The molecule has 1 aromatic carbocycles. The van der Waals surface area contributed by atoms with Gasteiger partial charge in [0, 0.05) is 15.7 Å². The lowest BCUT2D eigenvalue weighted by atomic mass is 10.0. The molecule has 3 heteroatoms. The third-order valence-electron chi connectivity index (χ3n) is 2.44. The smallest absolute Gasteiger partial charge is 0.224 e. The molecule has 0 atom stereocenters. The molecular weight excluding hydrogens is 289 g/mol. The lowest BCUT2D eigenvalue weighted by Gasteiger charge is -2.14. The Morgan fingerprint density at radius 1 is 1.21 bits per heavy atom. The lowest BCUT2D eigenvalue weighted by molar-refractivity contribution is -0.116. The Balaban J connectivity index is 2.34. The normalized spacial score (nSPS) is 16.5. The van der Waals surface area contributed by atoms with Crippen LogP contribution in [0.2, 0.25) is 0 Å². The molecule has 14 heavy (non-hydrogen) atoms. The van der Waals surface area contributed by atoms with E-state index >= 15 is 0 Å². The van der Waals surface area contributed by atoms with Crippen molar-refractivity contribution in [3.63, 3.8) is 0 Å². The van der Waals surface area contributed by atoms with Crippen LogP contribution in [0, 0.1) is 3.57 Å². The summed E-state index contributed by atoms with van der Waals surface area (Å²) in [4.78, 5) is 11.4. The van der Waals surface area contributed by atoms with Gasteiger partial charge < -0.3 is 5.32 Å². The van der Waals surface area contributed by atoms with E-state index in [1.807, 2.05) is 12.1 Å². The summed E-state index contributed by atoms with van der Waals surface area (Å²) in [6, 6.07) is 6.18. The molecule has 1 aliphatic rings. The largest absolute Gasteiger partial charge is 0.326 e. The second-order valence-electron chi connectivity index (χ2n) is 3.56. The lowest BCUT2D eigenvalue weighted by Crippen LogP contribution is -2.15. The van der Waals surface area contributed by atoms with E-state index in [2.05, 4.69) is 34.0 Å². The highest BCUT2D eigenvalue weighted by atomic mass is 127. The fourth-order valence-electron chi connectivity index (χ4n) is 1.70. The van der Waals surface area contributed by atoms with Gasteiger partial charge in [-0.3, -0.25) is 4.79 Å². The van der Waals surface area contributed by atoms with Crippen LogP contribution in [0.3, 0.4) is 0 Å². The molecule has 0 radical (unpaired) electrons. The number of halogens is 1. The van der Waals surface area contributed by atoms with E-state index < -0.39 is 0 Å². The minimum Gasteiger partial charge on any atom is -0.326 e. The zero-order chi connectivity index (χ0) is 9.97. The summed E-state index contributed by atoms with van der Waals surface area (Å²) in [6.07, 6.45) is 3.84. The standard InChI is InChI=1S/C11H12INO/c12-9-5-6-10-8(7-9)3-1-2-4-11(14)13-10/h5-7H,1-4H2,(H,13,14). The minimum atomic E-state index is 0.146. The summed E-state index contributed by atoms with van der Waals surface area (Å²) in [5.74, 6) is 0.146. The Bertz CT molecular complexity index is 362. The van der Waals surface area contributed by atoms with Gasteiger partial charge in [-0.25, -0.2) is 0 Å². The van der Waals surface area contributed by atoms with E-state index in [1.165, 1.54) is 9.13 Å². The van der Waals surface area contributed by atoms with Crippen LogP contribution in [0.15, 0.2) is 18.2 Å². The molecule has 0 spiro atoms. The summed E-state index contributed by atoms with van der Waals surface area (Å²) in [5, 5.41) is 2.95. The first kappa shape index (κ1) is 9.96. The number of fused-ring (bicyclic) bond motifs is 1. The van der Waals surface area contributed by atoms with E-state index in [-0.39, 0.29) is 5.91 Å². The number of carbonyl (C=O) groups is 1. The van der Waals surface area contributed by atoms with Crippen LogP contribution in [0.5, 0.6) is 0 Å². The van der Waals surface area contributed by atoms with Crippen LogP contribution in [0.25, 0.3) is 0 Å². The molecule has 1 aromatic rings. The van der Waals surface area contributed by atoms with E-state index in [9.17, 15) is 4.79 Å². The molecule has 74 valence electrons. The van der Waals surface area contributed by atoms with Crippen molar-refractivity contribution in [1.82, 2.24) is 0 Å². The number of hydrogen-bond donors (Lipinski definition) is 1. The Morgan fingerprint density at radius 3 is 2.86 bits per heavy atom. The molecule has 1 amide bonds. The van der Waals surface area contributed by atoms with E-state index in [4.69, 9.17) is 0 Å². The van der Waals surface area contributed by atoms with Gasteiger partial charge in [-0.1, -0.05) is 0 Å². The molecule has 0 saturated heterocycles. The van der Waals surface area contributed by atoms with Crippen LogP contribution in [-0.4, -0.2) is 5.91 Å². The SMILES string of the molecule is O=C1CCCCc2cc(I)ccc2N1. The van der Waals surface area contributed by atoms with Crippen LogP contribution in [0.1, 0.15) is 24.8 Å². The van der Waals surface area contributed by atoms with Gasteiger partial charge in [-0.2, -0.15) is 0 Å². The first-order valence-electron chi connectivity index (χ1n) is 4.84. The molecule has 0 bridgehead atoms. The highest BCUT2D eigenvalue weighted by molar-refractivity contribution is 14.1. The third kappa shape index (κ3) is 2.26. The molecule has 1 N–H and O–H groups in total. The van der Waals surface area contributed by atoms with Gasteiger partial charge in [0.1, 0.15) is 0 Å². The molecule has 0 aliphatic carbocycles. The predicted octanol–water partition coefficient (Wildman–Crippen LogP) is 2.96. The average molecular weight is 301 g/mol. The van der Waals surface area contributed by atoms with Crippen LogP contribution >= 0.6 is 22.6 Å². The number of amides is 1. The summed E-state index contributed by atoms with van der Waals surface area (Å²) < 4.78 is 1.23. The molecule has 1 heterocycles. The number of rotatable bonds is 0. The van der Waals surface area contributed by atoms with Crippen molar-refractivity contribution in [1.29, 1.82) is 0 Å². The number of hydrogen-bond acceptors (Lipinski definition) is 1. The van der Waals surface area contributed by atoms with Crippen LogP contribution in [-0.2, 0) is 11.2 Å². The van der Waals surface area contributed by atoms with Gasteiger partial charge in [-0.05, 0) is 65.6 Å². The fraction of sp³-hybridized carbons (Fsp3) is 0.364. The predicted molar refractivity (Wildman–Crippen MR) is 65.3 cm³/mol. The monoisotopic (exact) mass is 301 g/mol. The molecular formula is C11H12INO. The number of carbonyl (C=O) groups excluding carboxylic acids is 1. The molecule has 0 saturated carbocycles. The topological polar surface area (TPSA) is 29.1 Å². The highest BCUT2D eigenvalue weighted by Gasteiger charge is 2.10. The minimum absolute atomic E-state index is 0.146. The van der Waals surface area contributed by atoms with Crippen molar-refractivity contribution >= 4 is 34.2 Å². The number of benzene rings is 1. The Hall–Kier alpha value is -0.580. The number of aryl methyl sites for hydroxylation is 1. The summed E-state index contributed by atoms with van der Waals surface area (Å²) in [7, 11) is 0. The van der Waals surface area contributed by atoms with Crippen molar-refractivity contribution < 1.29 is 4.79 Å². The van der Waals surface area contributed by atoms with Crippen molar-refractivity contribution in [2.24, 2.45) is 0 Å². The molecule has 0 fully saturated rings. The van der Waals surface area contributed by atoms with Crippen LogP contribution < -0.4 is 5.32 Å². The maximum absolute atomic E-state index is 11.4. The van der Waals surface area contributed by atoms with E-state index in [0.29, 0.717) is 6.42 Å². The maximum atomic E-state index is 11.4. The Labute approximate surface area is 97.2 Å². The van der Waals surface area contributed by atoms with Gasteiger partial charge in [0.2, 0.25) is 5.91 Å². The summed E-state index contributed by atoms with van der Waals surface area (Å²) in [6.45, 7) is 0. The fourth-order valence-corrected chi connectivity index (χ4v) is 2.26. The van der Waals surface area contributed by atoms with Crippen molar-refractivity contribution in [3.8, 4) is 0 Å². The first-order valence-corrected chi connectivity index (χ1v) is 5.92. The van der Waals surface area contributed by atoms with Crippen molar-refractivity contribution in [2.45, 2.75) is 25.7 Å². The highest BCUT2D eigenvalue weighted by Crippen LogP contribution is 2.23. The van der Waals surface area contributed by atoms with Crippen LogP contribution in [0.4, 0.5) is 5.69 Å². The zero-order valence-corrected chi connectivity index (χ0v) is 10.0. The van der Waals surface area contributed by atoms with Gasteiger partial charge in [-0.15, -0.1) is 0 Å². The molecule has 1 aliphatic heterocycles. The summed E-state index contributed by atoms with van der Waals surface area (Å²) >= 11 is 2.30. The summed E-state index contributed by atoms with van der Waals surface area (Å²) in [5.41, 5.74) is 2.26. The van der Waals surface area contributed by atoms with E-state index in [0.717, 1.165) is 24.9 Å². The van der Waals surface area contributed by atoms with Gasteiger partial charge in [0.15, 0.2) is 0 Å². The molecule has 0 aromatic heterocycles. The van der Waals surface area contributed by atoms with Gasteiger partial charge >= 0.3 is 0 Å². The van der Waals surface area contributed by atoms with Gasteiger partial charge in [0.05, 0.1) is 0 Å². The average Bonchev–Trinajstić information content (AvgIpc) is 2.13. The quantitative estimate of drug-likeness (QED) is 0.733. The zero-order valence-electron chi connectivity index (χ0n) is 7.85. The van der Waals surface area contributed by atoms with Crippen molar-refractivity contribution in [3.05, 3.63) is 27.3 Å².